The Morgan fingerprint density at radius 3 is 3.11 bits per heavy atom. The molecule has 18 heavy (non-hydrogen) atoms. The van der Waals surface area contributed by atoms with E-state index in [2.05, 4.69) is 10.3 Å². The number of amides is 1. The van der Waals surface area contributed by atoms with Gasteiger partial charge < -0.3 is 15.5 Å². The van der Waals surface area contributed by atoms with Gasteiger partial charge in [-0.3, -0.25) is 4.79 Å². The van der Waals surface area contributed by atoms with Crippen molar-refractivity contribution in [3.8, 4) is 0 Å². The number of aryl methyl sites for hydroxylation is 1. The summed E-state index contributed by atoms with van der Waals surface area (Å²) in [4.78, 5) is 15.5. The van der Waals surface area contributed by atoms with Gasteiger partial charge in [-0.15, -0.1) is 0 Å². The van der Waals surface area contributed by atoms with Crippen LogP contribution in [0.4, 0.5) is 0 Å². The number of carbonyl (C=O) groups excluding carboxylic acids is 1. The molecule has 0 saturated heterocycles. The van der Waals surface area contributed by atoms with E-state index in [0.717, 1.165) is 23.1 Å². The van der Waals surface area contributed by atoms with Crippen molar-refractivity contribution >= 4 is 17.0 Å². The van der Waals surface area contributed by atoms with Crippen LogP contribution in [0.15, 0.2) is 22.6 Å². The lowest BCUT2D eigenvalue weighted by Gasteiger charge is -2.04. The number of hydrogen-bond donors (Lipinski definition) is 2. The summed E-state index contributed by atoms with van der Waals surface area (Å²) in [6.45, 7) is 2.82. The Balaban J connectivity index is 1.93. The van der Waals surface area contributed by atoms with Gasteiger partial charge in [0.15, 0.2) is 11.5 Å². The van der Waals surface area contributed by atoms with E-state index in [1.165, 1.54) is 0 Å². The molecule has 0 spiro atoms. The van der Waals surface area contributed by atoms with Crippen LogP contribution in [0.25, 0.3) is 11.1 Å². The second-order valence-electron chi connectivity index (χ2n) is 4.17. The molecule has 5 heteroatoms. The van der Waals surface area contributed by atoms with Gasteiger partial charge in [-0.1, -0.05) is 6.07 Å². The Hall–Kier alpha value is -1.88. The quantitative estimate of drug-likeness (QED) is 0.830. The third-order valence-electron chi connectivity index (χ3n) is 2.67. The number of rotatable bonds is 5. The second kappa shape index (κ2) is 5.64. The molecule has 5 nitrogen and oxygen atoms in total. The average molecular weight is 247 g/mol. The first-order chi connectivity index (χ1) is 8.69. The van der Waals surface area contributed by atoms with Crippen LogP contribution in [0.3, 0.4) is 0 Å². The van der Waals surface area contributed by atoms with Crippen molar-refractivity contribution in [2.45, 2.75) is 19.8 Å². The fourth-order valence-corrected chi connectivity index (χ4v) is 1.81. The van der Waals surface area contributed by atoms with Gasteiger partial charge in [0, 0.05) is 26.4 Å². The van der Waals surface area contributed by atoms with E-state index in [1.54, 1.807) is 0 Å². The number of oxazole rings is 1. The molecule has 2 aromatic rings. The Kier molecular flexibility index (Phi) is 3.94. The van der Waals surface area contributed by atoms with Crippen molar-refractivity contribution in [1.29, 1.82) is 0 Å². The lowest BCUT2D eigenvalue weighted by atomic mass is 10.1. The minimum atomic E-state index is -0.00547. The maximum absolute atomic E-state index is 11.2. The largest absolute Gasteiger partial charge is 0.441 e. The third-order valence-corrected chi connectivity index (χ3v) is 2.67. The lowest BCUT2D eigenvalue weighted by molar-refractivity contribution is -0.120. The zero-order chi connectivity index (χ0) is 13.0. The predicted octanol–water partition coefficient (Wildman–Crippen LogP) is 1.14. The molecule has 3 N–H and O–H groups in total. The normalized spacial score (nSPS) is 10.8. The Morgan fingerprint density at radius 2 is 2.33 bits per heavy atom. The molecule has 1 aromatic heterocycles. The highest BCUT2D eigenvalue weighted by molar-refractivity contribution is 5.76. The number of nitrogens with one attached hydrogen (secondary N) is 1. The standard InChI is InChI=1S/C13H17N3O2/c1-9-16-11-3-2-10(8-12(11)18-9)5-7-15-13(17)4-6-14/h2-3,8H,4-7,14H2,1H3,(H,15,17). The van der Waals surface area contributed by atoms with Gasteiger partial charge >= 0.3 is 0 Å². The zero-order valence-electron chi connectivity index (χ0n) is 10.4. The van der Waals surface area contributed by atoms with E-state index in [1.807, 2.05) is 25.1 Å². The van der Waals surface area contributed by atoms with Crippen LogP contribution in [0.5, 0.6) is 0 Å². The molecular weight excluding hydrogens is 230 g/mol. The summed E-state index contributed by atoms with van der Waals surface area (Å²) < 4.78 is 5.46. The smallest absolute Gasteiger partial charge is 0.221 e. The van der Waals surface area contributed by atoms with Crippen LogP contribution in [0.2, 0.25) is 0 Å². The van der Waals surface area contributed by atoms with E-state index in [0.29, 0.717) is 25.4 Å². The summed E-state index contributed by atoms with van der Waals surface area (Å²) in [7, 11) is 0. The molecule has 0 fully saturated rings. The molecule has 96 valence electrons. The summed E-state index contributed by atoms with van der Waals surface area (Å²) in [6.07, 6.45) is 1.15. The Labute approximate surface area is 105 Å². The fraction of sp³-hybridized carbons (Fsp3) is 0.385. The number of nitrogens with two attached hydrogens (primary N) is 1. The van der Waals surface area contributed by atoms with Gasteiger partial charge in [0.05, 0.1) is 0 Å². The maximum Gasteiger partial charge on any atom is 0.221 e. The number of nitrogens with zero attached hydrogens (tertiary/aromatic N) is 1. The second-order valence-corrected chi connectivity index (χ2v) is 4.17. The monoisotopic (exact) mass is 247 g/mol. The fourth-order valence-electron chi connectivity index (χ4n) is 1.81. The molecule has 0 aliphatic rings. The summed E-state index contributed by atoms with van der Waals surface area (Å²) in [5.41, 5.74) is 8.07. The molecule has 1 amide bonds. The number of hydrogen-bond acceptors (Lipinski definition) is 4. The molecule has 0 aliphatic carbocycles. The van der Waals surface area contributed by atoms with E-state index in [9.17, 15) is 4.79 Å². The highest BCUT2D eigenvalue weighted by Gasteiger charge is 2.04. The molecule has 1 aromatic carbocycles. The molecule has 0 bridgehead atoms. The van der Waals surface area contributed by atoms with Crippen molar-refractivity contribution in [1.82, 2.24) is 10.3 Å². The molecular formula is C13H17N3O2. The van der Waals surface area contributed by atoms with Gasteiger partial charge in [-0.25, -0.2) is 4.98 Å². The minimum absolute atomic E-state index is 0.00547. The topological polar surface area (TPSA) is 81.2 Å². The third kappa shape index (κ3) is 3.07. The van der Waals surface area contributed by atoms with Crippen LogP contribution < -0.4 is 11.1 Å². The summed E-state index contributed by atoms with van der Waals surface area (Å²) in [6, 6.07) is 5.90. The van der Waals surface area contributed by atoms with Crippen molar-refractivity contribution in [2.75, 3.05) is 13.1 Å². The number of benzene rings is 1. The SMILES string of the molecule is Cc1nc2ccc(CCNC(=O)CCN)cc2o1. The van der Waals surface area contributed by atoms with Crippen molar-refractivity contribution in [2.24, 2.45) is 5.73 Å². The van der Waals surface area contributed by atoms with Gasteiger partial charge in [0.1, 0.15) is 5.52 Å². The van der Waals surface area contributed by atoms with E-state index in [-0.39, 0.29) is 5.91 Å². The van der Waals surface area contributed by atoms with Crippen molar-refractivity contribution < 1.29 is 9.21 Å². The number of carbonyl (C=O) groups is 1. The van der Waals surface area contributed by atoms with Gasteiger partial charge in [0.2, 0.25) is 5.91 Å². The highest BCUT2D eigenvalue weighted by atomic mass is 16.3. The van der Waals surface area contributed by atoms with Gasteiger partial charge in [0.25, 0.3) is 0 Å². The maximum atomic E-state index is 11.2. The van der Waals surface area contributed by atoms with Crippen LogP contribution in [0.1, 0.15) is 17.9 Å². The molecule has 1 heterocycles. The first-order valence-electron chi connectivity index (χ1n) is 6.02. The first-order valence-corrected chi connectivity index (χ1v) is 6.02. The summed E-state index contributed by atoms with van der Waals surface area (Å²) >= 11 is 0. The Morgan fingerprint density at radius 1 is 1.50 bits per heavy atom. The Bertz CT molecular complexity index is 548. The predicted molar refractivity (Wildman–Crippen MR) is 69.1 cm³/mol. The average Bonchev–Trinajstić information content (AvgIpc) is 2.69. The first kappa shape index (κ1) is 12.6. The zero-order valence-corrected chi connectivity index (χ0v) is 10.4. The van der Waals surface area contributed by atoms with Crippen LogP contribution >= 0.6 is 0 Å². The molecule has 0 atom stereocenters. The molecule has 0 radical (unpaired) electrons. The van der Waals surface area contributed by atoms with Crippen LogP contribution in [0, 0.1) is 6.92 Å². The molecule has 0 saturated carbocycles. The minimum Gasteiger partial charge on any atom is -0.441 e. The molecule has 0 aliphatic heterocycles. The summed E-state index contributed by atoms with van der Waals surface area (Å²) in [5.74, 6) is 0.660. The summed E-state index contributed by atoms with van der Waals surface area (Å²) in [5, 5.41) is 2.82. The van der Waals surface area contributed by atoms with E-state index in [4.69, 9.17) is 10.2 Å². The molecule has 0 unspecified atom stereocenters. The van der Waals surface area contributed by atoms with Crippen molar-refractivity contribution in [3.05, 3.63) is 29.7 Å². The van der Waals surface area contributed by atoms with Crippen molar-refractivity contribution in [3.63, 3.8) is 0 Å². The number of aromatic nitrogens is 1. The highest BCUT2D eigenvalue weighted by Crippen LogP contribution is 2.16. The van der Waals surface area contributed by atoms with Crippen LogP contribution in [-0.2, 0) is 11.2 Å². The molecule has 2 rings (SSSR count). The van der Waals surface area contributed by atoms with Crippen LogP contribution in [-0.4, -0.2) is 24.0 Å². The van der Waals surface area contributed by atoms with Gasteiger partial charge in [-0.2, -0.15) is 0 Å². The van der Waals surface area contributed by atoms with E-state index < -0.39 is 0 Å². The number of fused-ring (bicyclic) bond motifs is 1. The lowest BCUT2D eigenvalue weighted by Crippen LogP contribution is -2.27. The van der Waals surface area contributed by atoms with E-state index >= 15 is 0 Å². The van der Waals surface area contributed by atoms with Gasteiger partial charge in [-0.05, 0) is 24.1 Å².